The quantitative estimate of drug-likeness (QED) is 0.505. The Labute approximate surface area is 198 Å². The van der Waals surface area contributed by atoms with Crippen molar-refractivity contribution >= 4 is 38.9 Å². The molecule has 1 heterocycles. The van der Waals surface area contributed by atoms with E-state index in [-0.39, 0.29) is 0 Å². The lowest BCUT2D eigenvalue weighted by atomic mass is 10.1. The highest BCUT2D eigenvalue weighted by atomic mass is 79.9. The Hall–Kier alpha value is -1.87. The number of morpholine rings is 1. The van der Waals surface area contributed by atoms with Gasteiger partial charge in [-0.2, -0.15) is 0 Å². The molecule has 2 aromatic rings. The molecule has 1 N–H and O–H groups in total. The first-order valence-electron chi connectivity index (χ1n) is 10.4. The summed E-state index contributed by atoms with van der Waals surface area (Å²) in [6.07, 6.45) is 1.01. The summed E-state index contributed by atoms with van der Waals surface area (Å²) in [5, 5.41) is 4.07. The van der Waals surface area contributed by atoms with Gasteiger partial charge in [0.25, 0.3) is 0 Å². The molecule has 0 amide bonds. The zero-order chi connectivity index (χ0) is 22.1. The first-order valence-corrected chi connectivity index (χ1v) is 11.6. The fourth-order valence-corrected chi connectivity index (χ4v) is 4.02. The van der Waals surface area contributed by atoms with Gasteiger partial charge in [0, 0.05) is 54.5 Å². The summed E-state index contributed by atoms with van der Waals surface area (Å²) in [6, 6.07) is 13.9. The number of benzene rings is 2. The van der Waals surface area contributed by atoms with E-state index in [4.69, 9.17) is 26.4 Å². The van der Waals surface area contributed by atoms with Crippen molar-refractivity contribution in [2.75, 3.05) is 58.9 Å². The third-order valence-electron chi connectivity index (χ3n) is 5.24. The Kier molecular flexibility index (Phi) is 9.39. The third kappa shape index (κ3) is 7.35. The van der Waals surface area contributed by atoms with E-state index in [1.165, 1.54) is 0 Å². The SMILES string of the molecule is COc1ccc(CN(CCCN2CCOCC2)C(=S)Nc2ccc(Br)cc2)c(OC)c1. The van der Waals surface area contributed by atoms with Gasteiger partial charge >= 0.3 is 0 Å². The van der Waals surface area contributed by atoms with E-state index < -0.39 is 0 Å². The van der Waals surface area contributed by atoms with E-state index in [0.717, 1.165) is 73.0 Å². The summed E-state index contributed by atoms with van der Waals surface area (Å²) in [5.74, 6) is 1.57. The zero-order valence-electron chi connectivity index (χ0n) is 18.1. The smallest absolute Gasteiger partial charge is 0.173 e. The van der Waals surface area contributed by atoms with Gasteiger partial charge in [-0.3, -0.25) is 4.90 Å². The van der Waals surface area contributed by atoms with Crippen LogP contribution in [0, 0.1) is 0 Å². The van der Waals surface area contributed by atoms with E-state index >= 15 is 0 Å². The highest BCUT2D eigenvalue weighted by Gasteiger charge is 2.16. The van der Waals surface area contributed by atoms with Crippen LogP contribution in [-0.2, 0) is 11.3 Å². The summed E-state index contributed by atoms with van der Waals surface area (Å²) >= 11 is 9.27. The van der Waals surface area contributed by atoms with E-state index in [0.29, 0.717) is 11.7 Å². The number of nitrogens with one attached hydrogen (secondary N) is 1. The van der Waals surface area contributed by atoms with Crippen molar-refractivity contribution in [2.24, 2.45) is 0 Å². The van der Waals surface area contributed by atoms with Crippen molar-refractivity contribution in [3.05, 3.63) is 52.5 Å². The van der Waals surface area contributed by atoms with Gasteiger partial charge in [0.05, 0.1) is 27.4 Å². The average molecular weight is 508 g/mol. The standard InChI is InChI=1S/C23H30BrN3O3S/c1-28-21-9-4-18(22(16-21)29-2)17-27(11-3-10-26-12-14-30-15-13-26)23(31)25-20-7-5-19(24)6-8-20/h4-9,16H,3,10-15,17H2,1-2H3,(H,25,31). The molecule has 6 nitrogen and oxygen atoms in total. The zero-order valence-corrected chi connectivity index (χ0v) is 20.5. The maximum Gasteiger partial charge on any atom is 0.173 e. The van der Waals surface area contributed by atoms with Gasteiger partial charge in [0.1, 0.15) is 11.5 Å². The molecule has 0 aliphatic carbocycles. The van der Waals surface area contributed by atoms with Gasteiger partial charge in [-0.1, -0.05) is 15.9 Å². The highest BCUT2D eigenvalue weighted by Crippen LogP contribution is 2.26. The fourth-order valence-electron chi connectivity index (χ4n) is 3.49. The van der Waals surface area contributed by atoms with Gasteiger partial charge < -0.3 is 24.4 Å². The predicted molar refractivity (Wildman–Crippen MR) is 132 cm³/mol. The van der Waals surface area contributed by atoms with Gasteiger partial charge in [0.15, 0.2) is 5.11 Å². The van der Waals surface area contributed by atoms with Crippen LogP contribution in [0.1, 0.15) is 12.0 Å². The second kappa shape index (κ2) is 12.2. The number of hydrogen-bond donors (Lipinski definition) is 1. The van der Waals surface area contributed by atoms with Crippen LogP contribution in [0.3, 0.4) is 0 Å². The monoisotopic (exact) mass is 507 g/mol. The largest absolute Gasteiger partial charge is 0.497 e. The molecular formula is C23H30BrN3O3S. The number of methoxy groups -OCH3 is 2. The number of halogens is 1. The van der Waals surface area contributed by atoms with Crippen molar-refractivity contribution in [1.82, 2.24) is 9.80 Å². The molecule has 168 valence electrons. The fraction of sp³-hybridized carbons (Fsp3) is 0.435. The Balaban J connectivity index is 1.69. The summed E-state index contributed by atoms with van der Waals surface area (Å²) < 4.78 is 17.4. The van der Waals surface area contributed by atoms with Crippen molar-refractivity contribution in [3.8, 4) is 11.5 Å². The maximum absolute atomic E-state index is 5.79. The molecule has 0 radical (unpaired) electrons. The van der Waals surface area contributed by atoms with Gasteiger partial charge in [-0.25, -0.2) is 0 Å². The molecule has 1 fully saturated rings. The lowest BCUT2D eigenvalue weighted by Crippen LogP contribution is -2.40. The Bertz CT molecular complexity index is 844. The number of thiocarbonyl (C=S) groups is 1. The van der Waals surface area contributed by atoms with Crippen molar-refractivity contribution < 1.29 is 14.2 Å². The molecule has 1 aliphatic rings. The van der Waals surface area contributed by atoms with Gasteiger partial charge in [0.2, 0.25) is 0 Å². The van der Waals surface area contributed by atoms with E-state index in [2.05, 4.69) is 31.0 Å². The maximum atomic E-state index is 5.79. The topological polar surface area (TPSA) is 46.2 Å². The highest BCUT2D eigenvalue weighted by molar-refractivity contribution is 9.10. The van der Waals surface area contributed by atoms with Crippen LogP contribution in [0.15, 0.2) is 46.9 Å². The molecule has 0 bridgehead atoms. The molecule has 0 spiro atoms. The molecule has 31 heavy (non-hydrogen) atoms. The molecule has 0 aromatic heterocycles. The predicted octanol–water partition coefficient (Wildman–Crippen LogP) is 4.39. The van der Waals surface area contributed by atoms with Crippen LogP contribution < -0.4 is 14.8 Å². The van der Waals surface area contributed by atoms with Crippen molar-refractivity contribution in [1.29, 1.82) is 0 Å². The van der Waals surface area contributed by atoms with Gasteiger partial charge in [-0.15, -0.1) is 0 Å². The minimum absolute atomic E-state index is 0.651. The molecular weight excluding hydrogens is 478 g/mol. The minimum atomic E-state index is 0.651. The van der Waals surface area contributed by atoms with Crippen LogP contribution in [0.25, 0.3) is 0 Å². The van der Waals surface area contributed by atoms with Crippen LogP contribution in [-0.4, -0.2) is 68.5 Å². The lowest BCUT2D eigenvalue weighted by Gasteiger charge is -2.30. The van der Waals surface area contributed by atoms with Crippen LogP contribution in [0.4, 0.5) is 5.69 Å². The molecule has 0 atom stereocenters. The normalized spacial score (nSPS) is 14.2. The van der Waals surface area contributed by atoms with Crippen molar-refractivity contribution in [3.63, 3.8) is 0 Å². The van der Waals surface area contributed by atoms with Gasteiger partial charge in [-0.05, 0) is 55.0 Å². The van der Waals surface area contributed by atoms with Crippen LogP contribution in [0.2, 0.25) is 0 Å². The molecule has 8 heteroatoms. The minimum Gasteiger partial charge on any atom is -0.497 e. The Morgan fingerprint density at radius 2 is 1.87 bits per heavy atom. The average Bonchev–Trinajstić information content (AvgIpc) is 2.80. The van der Waals surface area contributed by atoms with Crippen LogP contribution >= 0.6 is 28.1 Å². The molecule has 0 saturated carbocycles. The number of rotatable bonds is 9. The summed E-state index contributed by atoms with van der Waals surface area (Å²) in [7, 11) is 3.34. The number of hydrogen-bond acceptors (Lipinski definition) is 5. The Morgan fingerprint density at radius 1 is 1.13 bits per heavy atom. The van der Waals surface area contributed by atoms with E-state index in [1.54, 1.807) is 14.2 Å². The second-order valence-electron chi connectivity index (χ2n) is 7.34. The van der Waals surface area contributed by atoms with Crippen LogP contribution in [0.5, 0.6) is 11.5 Å². The van der Waals surface area contributed by atoms with Crippen molar-refractivity contribution in [2.45, 2.75) is 13.0 Å². The van der Waals surface area contributed by atoms with E-state index in [9.17, 15) is 0 Å². The molecule has 1 aliphatic heterocycles. The Morgan fingerprint density at radius 3 is 2.55 bits per heavy atom. The van der Waals surface area contributed by atoms with E-state index in [1.807, 2.05) is 42.5 Å². The third-order valence-corrected chi connectivity index (χ3v) is 6.13. The molecule has 3 rings (SSSR count). The molecule has 2 aromatic carbocycles. The second-order valence-corrected chi connectivity index (χ2v) is 8.65. The lowest BCUT2D eigenvalue weighted by molar-refractivity contribution is 0.0367. The number of ether oxygens (including phenoxy) is 3. The summed E-state index contributed by atoms with van der Waals surface area (Å²) in [5.41, 5.74) is 2.03. The first kappa shape index (κ1) is 23.8. The number of nitrogens with zero attached hydrogens (tertiary/aromatic N) is 2. The molecule has 1 saturated heterocycles. The number of anilines is 1. The summed E-state index contributed by atoms with van der Waals surface area (Å²) in [4.78, 5) is 4.64. The first-order chi connectivity index (χ1) is 15.1. The molecule has 0 unspecified atom stereocenters. The summed E-state index contributed by atoms with van der Waals surface area (Å²) in [6.45, 7) is 6.14.